The van der Waals surface area contributed by atoms with Gasteiger partial charge in [0, 0.05) is 23.9 Å². The van der Waals surface area contributed by atoms with Crippen LogP contribution in [0.25, 0.3) is 10.1 Å². The van der Waals surface area contributed by atoms with E-state index in [0.29, 0.717) is 18.0 Å². The van der Waals surface area contributed by atoms with Crippen molar-refractivity contribution in [1.29, 1.82) is 0 Å². The van der Waals surface area contributed by atoms with Crippen molar-refractivity contribution in [1.82, 2.24) is 5.32 Å². The van der Waals surface area contributed by atoms with Crippen molar-refractivity contribution in [3.05, 3.63) is 34.7 Å². The molecule has 0 amide bonds. The van der Waals surface area contributed by atoms with Crippen LogP contribution >= 0.6 is 11.3 Å². The molecule has 2 aromatic rings. The molecule has 1 heterocycles. The number of fused-ring (bicyclic) bond motifs is 1. The van der Waals surface area contributed by atoms with Crippen LogP contribution in [0.3, 0.4) is 0 Å². The number of hydrogen-bond acceptors (Lipinski definition) is 4. The van der Waals surface area contributed by atoms with E-state index in [1.807, 2.05) is 38.1 Å². The maximum Gasteiger partial charge on any atom is 0.346 e. The number of nitrogens with one attached hydrogen (secondary N) is 1. The zero-order valence-corrected chi connectivity index (χ0v) is 12.7. The summed E-state index contributed by atoms with van der Waals surface area (Å²) in [4.78, 5) is 11.8. The lowest BCUT2D eigenvalue weighted by Gasteiger charge is -2.25. The van der Waals surface area contributed by atoms with Crippen molar-refractivity contribution in [3.63, 3.8) is 0 Å². The van der Waals surface area contributed by atoms with Gasteiger partial charge in [0.15, 0.2) is 0 Å². The summed E-state index contributed by atoms with van der Waals surface area (Å²) in [6, 6.07) is 7.79. The Balaban J connectivity index is 2.32. The molecular formula is C15H19NO3S. The van der Waals surface area contributed by atoms with Crippen molar-refractivity contribution in [2.24, 2.45) is 0 Å². The Hall–Kier alpha value is -1.43. The van der Waals surface area contributed by atoms with Crippen LogP contribution in [0.4, 0.5) is 0 Å². The van der Waals surface area contributed by atoms with Crippen molar-refractivity contribution in [3.8, 4) is 0 Å². The van der Waals surface area contributed by atoms with Gasteiger partial charge in [-0.3, -0.25) is 0 Å². The quantitative estimate of drug-likeness (QED) is 0.859. The summed E-state index contributed by atoms with van der Waals surface area (Å²) in [6.07, 6.45) is 0. The Morgan fingerprint density at radius 3 is 2.75 bits per heavy atom. The van der Waals surface area contributed by atoms with E-state index >= 15 is 0 Å². The third kappa shape index (κ3) is 3.17. The van der Waals surface area contributed by atoms with Gasteiger partial charge >= 0.3 is 5.97 Å². The Kier molecular flexibility index (Phi) is 4.42. The first-order chi connectivity index (χ1) is 9.44. The molecule has 0 fully saturated rings. The molecule has 1 aromatic carbocycles. The van der Waals surface area contributed by atoms with Crippen LogP contribution in [-0.4, -0.2) is 30.3 Å². The number of ether oxygens (including phenoxy) is 1. The molecule has 0 unspecified atom stereocenters. The summed E-state index contributed by atoms with van der Waals surface area (Å²) in [6.45, 7) is 5.15. The predicted octanol–water partition coefficient (Wildman–Crippen LogP) is 3.11. The standard InChI is InChI=1S/C15H19NO3S/c1-15(2,9-19-3)16-8-11-10-6-4-5-7-12(10)20-13(11)14(17)18/h4-7,16H,8-9H2,1-3H3,(H,17,18). The number of carboxylic acid groups (broad SMARTS) is 1. The predicted molar refractivity (Wildman–Crippen MR) is 81.6 cm³/mol. The van der Waals surface area contributed by atoms with Gasteiger partial charge in [0.2, 0.25) is 0 Å². The Morgan fingerprint density at radius 1 is 1.40 bits per heavy atom. The highest BCUT2D eigenvalue weighted by atomic mass is 32.1. The van der Waals surface area contributed by atoms with Gasteiger partial charge in [0.25, 0.3) is 0 Å². The Labute approximate surface area is 122 Å². The van der Waals surface area contributed by atoms with E-state index in [9.17, 15) is 9.90 Å². The molecule has 4 nitrogen and oxygen atoms in total. The third-order valence-corrected chi connectivity index (χ3v) is 4.34. The van der Waals surface area contributed by atoms with Crippen molar-refractivity contribution in [2.75, 3.05) is 13.7 Å². The van der Waals surface area contributed by atoms with Crippen LogP contribution in [0.1, 0.15) is 29.1 Å². The van der Waals surface area contributed by atoms with Crippen molar-refractivity contribution >= 4 is 27.4 Å². The first kappa shape index (κ1) is 15.0. The topological polar surface area (TPSA) is 58.6 Å². The van der Waals surface area contributed by atoms with Gasteiger partial charge < -0.3 is 15.2 Å². The molecule has 1 aromatic heterocycles. The average molecular weight is 293 g/mol. The molecule has 2 rings (SSSR count). The Morgan fingerprint density at radius 2 is 2.10 bits per heavy atom. The molecule has 108 valence electrons. The second kappa shape index (κ2) is 5.91. The molecule has 0 aliphatic carbocycles. The van der Waals surface area contributed by atoms with Crippen LogP contribution in [0.2, 0.25) is 0 Å². The number of rotatable bonds is 6. The third-order valence-electron chi connectivity index (χ3n) is 3.14. The van der Waals surface area contributed by atoms with E-state index in [1.165, 1.54) is 11.3 Å². The normalized spacial score (nSPS) is 11.9. The minimum Gasteiger partial charge on any atom is -0.477 e. The number of aromatic carboxylic acids is 1. The molecule has 0 atom stereocenters. The lowest BCUT2D eigenvalue weighted by atomic mass is 10.1. The number of hydrogen-bond donors (Lipinski definition) is 2. The second-order valence-electron chi connectivity index (χ2n) is 5.38. The summed E-state index contributed by atoms with van der Waals surface area (Å²) >= 11 is 1.33. The molecule has 0 saturated carbocycles. The molecule has 0 radical (unpaired) electrons. The summed E-state index contributed by atoms with van der Waals surface area (Å²) in [7, 11) is 1.66. The zero-order chi connectivity index (χ0) is 14.8. The van der Waals surface area contributed by atoms with E-state index in [4.69, 9.17) is 4.74 Å². The van der Waals surface area contributed by atoms with Gasteiger partial charge in [-0.15, -0.1) is 11.3 Å². The lowest BCUT2D eigenvalue weighted by Crippen LogP contribution is -2.42. The van der Waals surface area contributed by atoms with Crippen LogP contribution in [0.15, 0.2) is 24.3 Å². The van der Waals surface area contributed by atoms with Crippen molar-refractivity contribution in [2.45, 2.75) is 25.9 Å². The molecule has 5 heteroatoms. The second-order valence-corrected chi connectivity index (χ2v) is 6.43. The zero-order valence-electron chi connectivity index (χ0n) is 11.9. The number of benzene rings is 1. The van der Waals surface area contributed by atoms with Gasteiger partial charge in [0.05, 0.1) is 6.61 Å². The van der Waals surface area contributed by atoms with Gasteiger partial charge in [-0.05, 0) is 30.9 Å². The molecule has 0 spiro atoms. The number of carbonyl (C=O) groups is 1. The summed E-state index contributed by atoms with van der Waals surface area (Å²) in [5.74, 6) is -0.868. The molecule has 2 N–H and O–H groups in total. The van der Waals surface area contributed by atoms with Gasteiger partial charge in [-0.2, -0.15) is 0 Å². The van der Waals surface area contributed by atoms with E-state index in [-0.39, 0.29) is 5.54 Å². The van der Waals surface area contributed by atoms with Gasteiger partial charge in [0.1, 0.15) is 4.88 Å². The first-order valence-electron chi connectivity index (χ1n) is 6.42. The van der Waals surface area contributed by atoms with Crippen LogP contribution in [-0.2, 0) is 11.3 Å². The van der Waals surface area contributed by atoms with Gasteiger partial charge in [-0.25, -0.2) is 4.79 Å². The van der Waals surface area contributed by atoms with Crippen LogP contribution < -0.4 is 5.32 Å². The monoisotopic (exact) mass is 293 g/mol. The molecule has 0 aliphatic rings. The maximum atomic E-state index is 11.4. The molecular weight excluding hydrogens is 274 g/mol. The smallest absolute Gasteiger partial charge is 0.346 e. The molecule has 20 heavy (non-hydrogen) atoms. The molecule has 0 saturated heterocycles. The highest BCUT2D eigenvalue weighted by molar-refractivity contribution is 7.21. The molecule has 0 bridgehead atoms. The highest BCUT2D eigenvalue weighted by Gasteiger charge is 2.21. The Bertz CT molecular complexity index is 619. The van der Waals surface area contributed by atoms with E-state index in [1.54, 1.807) is 7.11 Å². The lowest BCUT2D eigenvalue weighted by molar-refractivity contribution is 0.0700. The average Bonchev–Trinajstić information content (AvgIpc) is 2.75. The van der Waals surface area contributed by atoms with E-state index < -0.39 is 5.97 Å². The number of carboxylic acids is 1. The minimum absolute atomic E-state index is 0.201. The summed E-state index contributed by atoms with van der Waals surface area (Å²) < 4.78 is 6.17. The van der Waals surface area contributed by atoms with Gasteiger partial charge in [-0.1, -0.05) is 18.2 Å². The van der Waals surface area contributed by atoms with Crippen molar-refractivity contribution < 1.29 is 14.6 Å². The van der Waals surface area contributed by atoms with E-state index in [0.717, 1.165) is 15.6 Å². The SMILES string of the molecule is COCC(C)(C)NCc1c(C(=O)O)sc2ccccc12. The summed E-state index contributed by atoms with van der Waals surface area (Å²) in [5, 5.41) is 13.7. The maximum absolute atomic E-state index is 11.4. The number of thiophene rings is 1. The first-order valence-corrected chi connectivity index (χ1v) is 7.24. The fourth-order valence-electron chi connectivity index (χ4n) is 2.19. The number of methoxy groups -OCH3 is 1. The molecule has 0 aliphatic heterocycles. The fourth-order valence-corrected chi connectivity index (χ4v) is 3.25. The fraction of sp³-hybridized carbons (Fsp3) is 0.400. The summed E-state index contributed by atoms with van der Waals surface area (Å²) in [5.41, 5.74) is 0.649. The largest absolute Gasteiger partial charge is 0.477 e. The minimum atomic E-state index is -0.868. The van der Waals surface area contributed by atoms with Crippen LogP contribution in [0.5, 0.6) is 0 Å². The highest BCUT2D eigenvalue weighted by Crippen LogP contribution is 2.31. The van der Waals surface area contributed by atoms with E-state index in [2.05, 4.69) is 5.32 Å². The van der Waals surface area contributed by atoms with Crippen LogP contribution in [0, 0.1) is 0 Å².